The summed E-state index contributed by atoms with van der Waals surface area (Å²) >= 11 is 1.52. The fourth-order valence-electron chi connectivity index (χ4n) is 3.62. The Morgan fingerprint density at radius 2 is 1.93 bits per heavy atom. The first-order chi connectivity index (χ1) is 14.1. The molecule has 0 unspecified atom stereocenters. The average molecular weight is 429 g/mol. The maximum Gasteiger partial charge on any atom is 0.415 e. The maximum atomic E-state index is 13.6. The van der Waals surface area contributed by atoms with Gasteiger partial charge < -0.3 is 9.84 Å². The predicted molar refractivity (Wildman–Crippen MR) is 123 cm³/mol. The molecule has 1 amide bonds. The van der Waals surface area contributed by atoms with E-state index >= 15 is 0 Å². The highest BCUT2D eigenvalue weighted by atomic mass is 32.1. The number of amides is 1. The van der Waals surface area contributed by atoms with Crippen LogP contribution in [0.3, 0.4) is 0 Å². The van der Waals surface area contributed by atoms with Gasteiger partial charge in [0.1, 0.15) is 11.6 Å². The second kappa shape index (κ2) is 8.14. The van der Waals surface area contributed by atoms with Gasteiger partial charge in [-0.15, -0.1) is 11.3 Å². The summed E-state index contributed by atoms with van der Waals surface area (Å²) in [6.45, 7) is 10.2. The third kappa shape index (κ3) is 3.94. The van der Waals surface area contributed by atoms with E-state index in [1.165, 1.54) is 29.4 Å². The molecule has 3 rings (SSSR count). The van der Waals surface area contributed by atoms with Crippen molar-refractivity contribution >= 4 is 34.0 Å². The Morgan fingerprint density at radius 1 is 1.23 bits per heavy atom. The molecule has 0 fully saturated rings. The zero-order chi connectivity index (χ0) is 22.2. The van der Waals surface area contributed by atoms with E-state index in [2.05, 4.69) is 0 Å². The number of hydrogen-bond donors (Lipinski definition) is 1. The molecular formula is C23H28N2O4S. The van der Waals surface area contributed by atoms with Gasteiger partial charge in [0.05, 0.1) is 7.11 Å². The van der Waals surface area contributed by atoms with Crippen molar-refractivity contribution in [3.05, 3.63) is 46.1 Å². The number of phenolic OH excluding ortho intramolecular Hbond substituents is 1. The Hall–Kier alpha value is -2.80. The van der Waals surface area contributed by atoms with E-state index in [1.807, 2.05) is 52.1 Å². The molecule has 0 saturated carbocycles. The largest absolute Gasteiger partial charge is 0.508 e. The molecule has 2 heterocycles. The van der Waals surface area contributed by atoms with Gasteiger partial charge in [-0.05, 0) is 56.3 Å². The quantitative estimate of drug-likeness (QED) is 0.599. The number of anilines is 1. The van der Waals surface area contributed by atoms with Crippen LogP contribution in [-0.4, -0.2) is 28.4 Å². The van der Waals surface area contributed by atoms with Gasteiger partial charge in [0, 0.05) is 33.3 Å². The number of aromatic nitrogens is 1. The summed E-state index contributed by atoms with van der Waals surface area (Å²) in [4.78, 5) is 29.0. The van der Waals surface area contributed by atoms with Gasteiger partial charge in [-0.1, -0.05) is 19.9 Å². The van der Waals surface area contributed by atoms with E-state index in [0.29, 0.717) is 23.1 Å². The lowest BCUT2D eigenvalue weighted by atomic mass is 10.00. The summed E-state index contributed by atoms with van der Waals surface area (Å²) in [5, 5.41) is 13.2. The fraction of sp³-hybridized carbons (Fsp3) is 0.391. The highest BCUT2D eigenvalue weighted by Gasteiger charge is 2.35. The van der Waals surface area contributed by atoms with Crippen molar-refractivity contribution in [3.63, 3.8) is 0 Å². The van der Waals surface area contributed by atoms with Gasteiger partial charge in [-0.2, -0.15) is 0 Å². The molecule has 1 aromatic carbocycles. The van der Waals surface area contributed by atoms with Crippen LogP contribution in [0.15, 0.2) is 40.5 Å². The normalized spacial score (nSPS) is 11.8. The van der Waals surface area contributed by atoms with Crippen LogP contribution in [0.5, 0.6) is 5.75 Å². The molecular weight excluding hydrogens is 400 g/mol. The number of phenols is 1. The SMILES string of the molecule is COC(=O)N(c1c(-c2cccs2)c2cc(O)ccc2c(=O)n1CC(C)C)C(C)(C)C. The highest BCUT2D eigenvalue weighted by Crippen LogP contribution is 2.42. The van der Waals surface area contributed by atoms with E-state index in [-0.39, 0.29) is 17.2 Å². The molecule has 0 atom stereocenters. The highest BCUT2D eigenvalue weighted by molar-refractivity contribution is 7.13. The number of rotatable bonds is 4. The average Bonchev–Trinajstić information content (AvgIpc) is 3.17. The Labute approximate surface area is 180 Å². The third-order valence-electron chi connectivity index (χ3n) is 4.78. The molecule has 3 aromatic rings. The second-order valence-corrected chi connectivity index (χ2v) is 9.64. The van der Waals surface area contributed by atoms with Crippen LogP contribution in [0, 0.1) is 5.92 Å². The Bertz CT molecular complexity index is 1120. The first kappa shape index (κ1) is 21.9. The van der Waals surface area contributed by atoms with Crippen molar-refractivity contribution in [2.45, 2.75) is 46.7 Å². The minimum atomic E-state index is -0.658. The number of fused-ring (bicyclic) bond motifs is 1. The molecule has 0 bridgehead atoms. The van der Waals surface area contributed by atoms with Crippen LogP contribution < -0.4 is 10.5 Å². The van der Waals surface area contributed by atoms with Crippen LogP contribution >= 0.6 is 11.3 Å². The van der Waals surface area contributed by atoms with E-state index in [1.54, 1.807) is 16.7 Å². The van der Waals surface area contributed by atoms with Gasteiger partial charge in [0.2, 0.25) is 0 Å². The Morgan fingerprint density at radius 3 is 2.47 bits per heavy atom. The molecule has 160 valence electrons. The van der Waals surface area contributed by atoms with Crippen LogP contribution in [0.4, 0.5) is 10.6 Å². The standard InChI is InChI=1S/C23H28N2O4S/c1-14(2)13-24-20(25(22(28)29-6)23(3,4)5)19(18-8-7-11-30-18)17-12-15(26)9-10-16(17)21(24)27/h7-12,14,26H,13H2,1-6H3. The summed E-state index contributed by atoms with van der Waals surface area (Å²) in [7, 11) is 1.34. The van der Waals surface area contributed by atoms with Crippen molar-refractivity contribution in [1.82, 2.24) is 4.57 Å². The smallest absolute Gasteiger partial charge is 0.415 e. The summed E-state index contributed by atoms with van der Waals surface area (Å²) in [6.07, 6.45) is -0.545. The van der Waals surface area contributed by atoms with Gasteiger partial charge in [0.25, 0.3) is 5.56 Å². The number of hydrogen-bond acceptors (Lipinski definition) is 5. The molecule has 7 heteroatoms. The van der Waals surface area contributed by atoms with Gasteiger partial charge in [-0.3, -0.25) is 14.3 Å². The van der Waals surface area contributed by atoms with Gasteiger partial charge in [0.15, 0.2) is 0 Å². The first-order valence-electron chi connectivity index (χ1n) is 9.87. The van der Waals surface area contributed by atoms with Crippen molar-refractivity contribution in [2.24, 2.45) is 5.92 Å². The number of thiophene rings is 1. The van der Waals surface area contributed by atoms with E-state index < -0.39 is 11.6 Å². The lowest BCUT2D eigenvalue weighted by Gasteiger charge is -2.37. The van der Waals surface area contributed by atoms with Crippen molar-refractivity contribution in [1.29, 1.82) is 0 Å². The third-order valence-corrected chi connectivity index (χ3v) is 5.67. The number of carbonyl (C=O) groups is 1. The minimum Gasteiger partial charge on any atom is -0.508 e. The summed E-state index contributed by atoms with van der Waals surface area (Å²) in [5.41, 5.74) is -0.127. The molecule has 0 radical (unpaired) electrons. The Kier molecular flexibility index (Phi) is 5.94. The van der Waals surface area contributed by atoms with Crippen LogP contribution in [0.2, 0.25) is 0 Å². The second-order valence-electron chi connectivity index (χ2n) is 8.69. The summed E-state index contributed by atoms with van der Waals surface area (Å²) in [5.74, 6) is 0.716. The number of ether oxygens (including phenoxy) is 1. The fourth-order valence-corrected chi connectivity index (χ4v) is 4.40. The lowest BCUT2D eigenvalue weighted by molar-refractivity contribution is 0.172. The molecule has 6 nitrogen and oxygen atoms in total. The first-order valence-corrected chi connectivity index (χ1v) is 10.8. The van der Waals surface area contributed by atoms with Crippen molar-refractivity contribution in [2.75, 3.05) is 12.0 Å². The van der Waals surface area contributed by atoms with Crippen LogP contribution in [0.25, 0.3) is 21.2 Å². The molecule has 30 heavy (non-hydrogen) atoms. The number of nitrogens with zero attached hydrogens (tertiary/aromatic N) is 2. The van der Waals surface area contributed by atoms with E-state index in [9.17, 15) is 14.7 Å². The number of methoxy groups -OCH3 is 1. The van der Waals surface area contributed by atoms with Crippen molar-refractivity contribution < 1.29 is 14.6 Å². The molecule has 0 aliphatic rings. The maximum absolute atomic E-state index is 13.6. The van der Waals surface area contributed by atoms with Crippen LogP contribution in [-0.2, 0) is 11.3 Å². The van der Waals surface area contributed by atoms with E-state index in [0.717, 1.165) is 10.4 Å². The number of aromatic hydroxyl groups is 1. The summed E-state index contributed by atoms with van der Waals surface area (Å²) in [6, 6.07) is 8.63. The molecule has 2 aromatic heterocycles. The molecule has 0 spiro atoms. The monoisotopic (exact) mass is 428 g/mol. The Balaban J connectivity index is 2.59. The minimum absolute atomic E-state index is 0.0626. The molecule has 0 saturated heterocycles. The topological polar surface area (TPSA) is 71.8 Å². The number of carbonyl (C=O) groups excluding carboxylic acids is 1. The number of pyridine rings is 1. The molecule has 0 aliphatic heterocycles. The van der Waals surface area contributed by atoms with Crippen molar-refractivity contribution in [3.8, 4) is 16.2 Å². The molecule has 1 N–H and O–H groups in total. The summed E-state index contributed by atoms with van der Waals surface area (Å²) < 4.78 is 6.79. The zero-order valence-electron chi connectivity index (χ0n) is 18.2. The van der Waals surface area contributed by atoms with Gasteiger partial charge in [-0.25, -0.2) is 4.79 Å². The predicted octanol–water partition coefficient (Wildman–Crippen LogP) is 5.46. The van der Waals surface area contributed by atoms with Crippen LogP contribution in [0.1, 0.15) is 34.6 Å². The van der Waals surface area contributed by atoms with Gasteiger partial charge >= 0.3 is 6.09 Å². The zero-order valence-corrected chi connectivity index (χ0v) is 19.0. The lowest BCUT2D eigenvalue weighted by Crippen LogP contribution is -2.49. The van der Waals surface area contributed by atoms with E-state index in [4.69, 9.17) is 4.74 Å². The molecule has 0 aliphatic carbocycles. The number of benzene rings is 1.